The molecule has 0 aromatic carbocycles. The summed E-state index contributed by atoms with van der Waals surface area (Å²) < 4.78 is 0. The Balaban J connectivity index is 2.01. The van der Waals surface area contributed by atoms with E-state index in [0.717, 1.165) is 25.2 Å². The van der Waals surface area contributed by atoms with Gasteiger partial charge in [-0.15, -0.1) is 0 Å². The van der Waals surface area contributed by atoms with Crippen LogP contribution >= 0.6 is 0 Å². The molecule has 0 aliphatic carbocycles. The van der Waals surface area contributed by atoms with Gasteiger partial charge in [-0.25, -0.2) is 0 Å². The summed E-state index contributed by atoms with van der Waals surface area (Å²) in [5.74, 6) is 0.0605. The fourth-order valence-electron chi connectivity index (χ4n) is 3.57. The molecule has 2 heterocycles. The average Bonchev–Trinajstić information content (AvgIpc) is 2.47. The third-order valence-corrected chi connectivity index (χ3v) is 4.96. The quantitative estimate of drug-likeness (QED) is 0.806. The number of carbonyl (C=O) groups excluding carboxylic acids is 1. The van der Waals surface area contributed by atoms with Gasteiger partial charge in [-0.1, -0.05) is 12.0 Å². The summed E-state index contributed by atoms with van der Waals surface area (Å²) in [5.41, 5.74) is 1.24. The van der Waals surface area contributed by atoms with Crippen molar-refractivity contribution in [2.75, 3.05) is 39.8 Å². The predicted octanol–water partition coefficient (Wildman–Crippen LogP) is 2.02. The van der Waals surface area contributed by atoms with Gasteiger partial charge in [0, 0.05) is 18.2 Å². The highest BCUT2D eigenvalue weighted by atomic mass is 16.1. The minimum Gasteiger partial charge on any atom is -0.351 e. The molecule has 120 valence electrons. The maximum absolute atomic E-state index is 12.0. The van der Waals surface area contributed by atoms with Crippen LogP contribution in [0.15, 0.2) is 11.6 Å². The zero-order valence-corrected chi connectivity index (χ0v) is 14.0. The van der Waals surface area contributed by atoms with Crippen LogP contribution in [0.1, 0.15) is 46.0 Å². The van der Waals surface area contributed by atoms with Crippen molar-refractivity contribution in [2.45, 2.75) is 51.5 Å². The van der Waals surface area contributed by atoms with E-state index in [4.69, 9.17) is 0 Å². The molecule has 0 bridgehead atoms. The minimum absolute atomic E-state index is 0.0605. The normalized spacial score (nSPS) is 23.6. The lowest BCUT2D eigenvalue weighted by molar-refractivity contribution is -0.117. The van der Waals surface area contributed by atoms with Gasteiger partial charge in [0.25, 0.3) is 0 Å². The molecule has 21 heavy (non-hydrogen) atoms. The first-order valence-electron chi connectivity index (χ1n) is 8.38. The van der Waals surface area contributed by atoms with Crippen LogP contribution in [-0.4, -0.2) is 61.0 Å². The third-order valence-electron chi connectivity index (χ3n) is 4.96. The van der Waals surface area contributed by atoms with Crippen molar-refractivity contribution in [1.82, 2.24) is 15.1 Å². The number of allylic oxidation sites excluding steroid dienone is 1. The standard InChI is InChI=1S/C17H31N3O/c1-15(2)13-16(21)18-14-17(7-11-19(3)12-8-17)20-9-5-4-6-10-20/h13H,4-12,14H2,1-3H3,(H,18,21). The second-order valence-electron chi connectivity index (χ2n) is 7.01. The molecular formula is C17H31N3O. The first-order valence-corrected chi connectivity index (χ1v) is 8.38. The van der Waals surface area contributed by atoms with Crippen LogP contribution in [0, 0.1) is 0 Å². The van der Waals surface area contributed by atoms with Crippen molar-refractivity contribution in [2.24, 2.45) is 0 Å². The summed E-state index contributed by atoms with van der Waals surface area (Å²) in [5, 5.41) is 3.16. The highest BCUT2D eigenvalue weighted by Crippen LogP contribution is 2.30. The van der Waals surface area contributed by atoms with Crippen LogP contribution in [0.3, 0.4) is 0 Å². The van der Waals surface area contributed by atoms with Crippen molar-refractivity contribution in [3.8, 4) is 0 Å². The van der Waals surface area contributed by atoms with Gasteiger partial charge in [-0.2, -0.15) is 0 Å². The first kappa shape index (κ1) is 16.5. The zero-order chi connectivity index (χ0) is 15.3. The van der Waals surface area contributed by atoms with Crippen LogP contribution in [0.4, 0.5) is 0 Å². The number of hydrogen-bond donors (Lipinski definition) is 1. The molecule has 2 fully saturated rings. The maximum atomic E-state index is 12.0. The van der Waals surface area contributed by atoms with E-state index < -0.39 is 0 Å². The van der Waals surface area contributed by atoms with Gasteiger partial charge in [0.15, 0.2) is 0 Å². The highest BCUT2D eigenvalue weighted by Gasteiger charge is 2.39. The molecule has 0 atom stereocenters. The Morgan fingerprint density at radius 2 is 1.71 bits per heavy atom. The number of piperidine rings is 2. The fraction of sp³-hybridized carbons (Fsp3) is 0.824. The molecule has 0 unspecified atom stereocenters. The fourth-order valence-corrected chi connectivity index (χ4v) is 3.57. The summed E-state index contributed by atoms with van der Waals surface area (Å²) in [4.78, 5) is 17.0. The van der Waals surface area contributed by atoms with Crippen LogP contribution in [-0.2, 0) is 4.79 Å². The number of rotatable bonds is 4. The number of nitrogens with one attached hydrogen (secondary N) is 1. The topological polar surface area (TPSA) is 35.6 Å². The Morgan fingerprint density at radius 3 is 2.29 bits per heavy atom. The van der Waals surface area contributed by atoms with E-state index in [0.29, 0.717) is 0 Å². The van der Waals surface area contributed by atoms with Gasteiger partial charge in [0.1, 0.15) is 0 Å². The molecule has 0 spiro atoms. The molecular weight excluding hydrogens is 262 g/mol. The van der Waals surface area contributed by atoms with Crippen molar-refractivity contribution >= 4 is 5.91 Å². The molecule has 0 saturated carbocycles. The van der Waals surface area contributed by atoms with Gasteiger partial charge in [0.2, 0.25) is 5.91 Å². The smallest absolute Gasteiger partial charge is 0.243 e. The predicted molar refractivity (Wildman–Crippen MR) is 87.3 cm³/mol. The molecule has 4 nitrogen and oxygen atoms in total. The molecule has 0 radical (unpaired) electrons. The summed E-state index contributed by atoms with van der Waals surface area (Å²) >= 11 is 0. The molecule has 1 amide bonds. The Kier molecular flexibility index (Phi) is 5.82. The molecule has 4 heteroatoms. The number of nitrogens with zero attached hydrogens (tertiary/aromatic N) is 2. The summed E-state index contributed by atoms with van der Waals surface area (Å²) in [6.45, 7) is 9.39. The maximum Gasteiger partial charge on any atom is 0.243 e. The summed E-state index contributed by atoms with van der Waals surface area (Å²) in [6.07, 6.45) is 8.01. The van der Waals surface area contributed by atoms with E-state index in [-0.39, 0.29) is 11.4 Å². The zero-order valence-electron chi connectivity index (χ0n) is 14.0. The van der Waals surface area contributed by atoms with E-state index in [1.54, 1.807) is 6.08 Å². The molecule has 1 N–H and O–H groups in total. The van der Waals surface area contributed by atoms with Crippen LogP contribution in [0.5, 0.6) is 0 Å². The van der Waals surface area contributed by atoms with Crippen LogP contribution < -0.4 is 5.32 Å². The molecule has 0 aromatic rings. The monoisotopic (exact) mass is 293 g/mol. The molecule has 2 saturated heterocycles. The summed E-state index contributed by atoms with van der Waals surface area (Å²) in [6, 6.07) is 0. The van der Waals surface area contributed by atoms with Gasteiger partial charge in [-0.05, 0) is 72.8 Å². The van der Waals surface area contributed by atoms with Gasteiger partial charge >= 0.3 is 0 Å². The first-order chi connectivity index (χ1) is 10.0. The lowest BCUT2D eigenvalue weighted by Gasteiger charge is -2.50. The molecule has 2 aliphatic heterocycles. The van der Waals surface area contributed by atoms with Gasteiger partial charge in [-0.3, -0.25) is 9.69 Å². The van der Waals surface area contributed by atoms with E-state index in [2.05, 4.69) is 22.2 Å². The molecule has 0 aromatic heterocycles. The summed E-state index contributed by atoms with van der Waals surface area (Å²) in [7, 11) is 2.20. The van der Waals surface area contributed by atoms with Gasteiger partial charge in [0.05, 0.1) is 0 Å². The lowest BCUT2D eigenvalue weighted by Crippen LogP contribution is -2.61. The number of amides is 1. The number of likely N-dealkylation sites (tertiary alicyclic amines) is 2. The third kappa shape index (κ3) is 4.55. The van der Waals surface area contributed by atoms with Crippen molar-refractivity contribution in [3.63, 3.8) is 0 Å². The lowest BCUT2D eigenvalue weighted by atomic mass is 9.84. The molecule has 2 rings (SSSR count). The molecule has 2 aliphatic rings. The van der Waals surface area contributed by atoms with E-state index >= 15 is 0 Å². The van der Waals surface area contributed by atoms with E-state index in [9.17, 15) is 4.79 Å². The average molecular weight is 293 g/mol. The second kappa shape index (κ2) is 7.41. The Morgan fingerprint density at radius 1 is 1.10 bits per heavy atom. The number of hydrogen-bond acceptors (Lipinski definition) is 3. The van der Waals surface area contributed by atoms with Crippen LogP contribution in [0.2, 0.25) is 0 Å². The Bertz CT molecular complexity index is 373. The SMILES string of the molecule is CC(C)=CC(=O)NCC1(N2CCCCC2)CCN(C)CC1. The van der Waals surface area contributed by atoms with E-state index in [1.807, 2.05) is 13.8 Å². The minimum atomic E-state index is 0.0605. The number of carbonyl (C=O) groups is 1. The Labute approximate surface area is 129 Å². The highest BCUT2D eigenvalue weighted by molar-refractivity contribution is 5.88. The van der Waals surface area contributed by atoms with Crippen molar-refractivity contribution in [1.29, 1.82) is 0 Å². The van der Waals surface area contributed by atoms with E-state index in [1.165, 1.54) is 45.2 Å². The van der Waals surface area contributed by atoms with Crippen LogP contribution in [0.25, 0.3) is 0 Å². The Hall–Kier alpha value is -0.870. The largest absolute Gasteiger partial charge is 0.351 e. The second-order valence-corrected chi connectivity index (χ2v) is 7.01. The van der Waals surface area contributed by atoms with Gasteiger partial charge < -0.3 is 10.2 Å². The van der Waals surface area contributed by atoms with Crippen molar-refractivity contribution in [3.05, 3.63) is 11.6 Å². The van der Waals surface area contributed by atoms with Crippen molar-refractivity contribution < 1.29 is 4.79 Å².